The van der Waals surface area contributed by atoms with Gasteiger partial charge in [-0.05, 0) is 33.6 Å². The molecule has 1 aromatic heterocycles. The van der Waals surface area contributed by atoms with Crippen LogP contribution in [0.25, 0.3) is 0 Å². The van der Waals surface area contributed by atoms with E-state index in [4.69, 9.17) is 16.3 Å². The van der Waals surface area contributed by atoms with Crippen molar-refractivity contribution < 1.29 is 9.53 Å². The summed E-state index contributed by atoms with van der Waals surface area (Å²) >= 11 is 6.06. The Morgan fingerprint density at radius 3 is 2.83 bits per heavy atom. The van der Waals surface area contributed by atoms with Gasteiger partial charge in [0.1, 0.15) is 17.6 Å². The van der Waals surface area contributed by atoms with Crippen molar-refractivity contribution in [3.63, 3.8) is 0 Å². The second-order valence-corrected chi connectivity index (χ2v) is 6.91. The largest absolute Gasteiger partial charge is 0.444 e. The van der Waals surface area contributed by atoms with E-state index in [1.54, 1.807) is 11.9 Å². The molecule has 8 heteroatoms. The number of halogens is 1. The van der Waals surface area contributed by atoms with Gasteiger partial charge in [-0.15, -0.1) is 0 Å². The Morgan fingerprint density at radius 1 is 1.43 bits per heavy atom. The van der Waals surface area contributed by atoms with E-state index < -0.39 is 5.60 Å². The van der Waals surface area contributed by atoms with Gasteiger partial charge in [0.25, 0.3) is 0 Å². The lowest BCUT2D eigenvalue weighted by Crippen LogP contribution is -2.47. The summed E-state index contributed by atoms with van der Waals surface area (Å²) in [5.74, 6) is 0.642. The number of anilines is 2. The van der Waals surface area contributed by atoms with Crippen LogP contribution in [0.4, 0.5) is 16.3 Å². The van der Waals surface area contributed by atoms with Crippen molar-refractivity contribution in [1.82, 2.24) is 14.9 Å². The van der Waals surface area contributed by atoms with Gasteiger partial charge in [-0.2, -0.15) is 0 Å². The van der Waals surface area contributed by atoms with Crippen LogP contribution in [0.3, 0.4) is 0 Å². The Labute approximate surface area is 141 Å². The number of hydrogen-bond acceptors (Lipinski definition) is 6. The zero-order valence-corrected chi connectivity index (χ0v) is 14.8. The van der Waals surface area contributed by atoms with Crippen molar-refractivity contribution in [1.29, 1.82) is 0 Å². The Bertz CT molecular complexity index is 561. The molecule has 1 amide bonds. The summed E-state index contributed by atoms with van der Waals surface area (Å²) in [4.78, 5) is 22.1. The monoisotopic (exact) mass is 341 g/mol. The highest BCUT2D eigenvalue weighted by Gasteiger charge is 2.28. The minimum absolute atomic E-state index is 0.0920. The van der Waals surface area contributed by atoms with Gasteiger partial charge in [0.05, 0.1) is 0 Å². The molecule has 23 heavy (non-hydrogen) atoms. The maximum absolute atomic E-state index is 12.2. The molecule has 0 aromatic carbocycles. The van der Waals surface area contributed by atoms with E-state index in [2.05, 4.69) is 20.6 Å². The molecule has 0 unspecified atom stereocenters. The zero-order valence-electron chi connectivity index (χ0n) is 14.0. The van der Waals surface area contributed by atoms with Crippen LogP contribution < -0.4 is 10.6 Å². The number of likely N-dealkylation sites (tertiary alicyclic amines) is 1. The summed E-state index contributed by atoms with van der Waals surface area (Å²) in [6, 6.07) is 0.0920. The Balaban J connectivity index is 2.02. The van der Waals surface area contributed by atoms with Crippen molar-refractivity contribution in [2.45, 2.75) is 45.3 Å². The maximum Gasteiger partial charge on any atom is 0.410 e. The molecule has 1 saturated heterocycles. The topological polar surface area (TPSA) is 79.4 Å². The molecule has 2 N–H and O–H groups in total. The van der Waals surface area contributed by atoms with Crippen molar-refractivity contribution in [3.8, 4) is 0 Å². The van der Waals surface area contributed by atoms with Gasteiger partial charge in [0, 0.05) is 26.2 Å². The van der Waals surface area contributed by atoms with Gasteiger partial charge in [-0.1, -0.05) is 11.6 Å². The first-order valence-electron chi connectivity index (χ1n) is 7.73. The van der Waals surface area contributed by atoms with Gasteiger partial charge >= 0.3 is 6.09 Å². The van der Waals surface area contributed by atoms with Crippen LogP contribution >= 0.6 is 11.6 Å². The number of rotatable bonds is 3. The molecule has 0 radical (unpaired) electrons. The summed E-state index contributed by atoms with van der Waals surface area (Å²) < 4.78 is 5.44. The highest BCUT2D eigenvalue weighted by atomic mass is 35.5. The minimum atomic E-state index is -0.489. The number of aromatic nitrogens is 2. The zero-order chi connectivity index (χ0) is 17.0. The van der Waals surface area contributed by atoms with Crippen molar-refractivity contribution >= 4 is 29.2 Å². The number of amides is 1. The molecular weight excluding hydrogens is 318 g/mol. The van der Waals surface area contributed by atoms with E-state index in [9.17, 15) is 4.79 Å². The quantitative estimate of drug-likeness (QED) is 0.823. The fourth-order valence-corrected chi connectivity index (χ4v) is 2.70. The average Bonchev–Trinajstić information content (AvgIpc) is 2.46. The number of nitrogens with zero attached hydrogens (tertiary/aromatic N) is 3. The second-order valence-electron chi connectivity index (χ2n) is 6.55. The summed E-state index contributed by atoms with van der Waals surface area (Å²) in [6.45, 7) is 6.88. The Hall–Kier alpha value is -1.76. The molecule has 1 atom stereocenters. The van der Waals surface area contributed by atoms with E-state index in [-0.39, 0.29) is 12.1 Å². The summed E-state index contributed by atoms with van der Waals surface area (Å²) in [7, 11) is 1.77. The maximum atomic E-state index is 12.2. The van der Waals surface area contributed by atoms with E-state index in [1.807, 2.05) is 20.8 Å². The molecule has 1 fully saturated rings. The summed E-state index contributed by atoms with van der Waals surface area (Å²) in [5.41, 5.74) is 0.167. The number of ether oxygens (including phenoxy) is 1. The van der Waals surface area contributed by atoms with E-state index in [0.717, 1.165) is 12.8 Å². The lowest BCUT2D eigenvalue weighted by Gasteiger charge is -2.34. The molecule has 0 aliphatic carbocycles. The fraction of sp³-hybridized carbons (Fsp3) is 0.667. The van der Waals surface area contributed by atoms with Crippen LogP contribution in [0.15, 0.2) is 6.33 Å². The second kappa shape index (κ2) is 7.21. The molecule has 1 aliphatic rings. The Morgan fingerprint density at radius 2 is 2.17 bits per heavy atom. The third-order valence-electron chi connectivity index (χ3n) is 3.46. The van der Waals surface area contributed by atoms with Gasteiger partial charge in [0.15, 0.2) is 11.0 Å². The molecule has 2 rings (SSSR count). The third kappa shape index (κ3) is 4.86. The first-order chi connectivity index (χ1) is 10.8. The molecule has 0 bridgehead atoms. The number of carbonyl (C=O) groups is 1. The van der Waals surface area contributed by atoms with Crippen LogP contribution in [0, 0.1) is 0 Å². The molecule has 2 heterocycles. The van der Waals surface area contributed by atoms with Crippen LogP contribution in [0.2, 0.25) is 5.15 Å². The highest BCUT2D eigenvalue weighted by Crippen LogP contribution is 2.27. The summed E-state index contributed by atoms with van der Waals surface area (Å²) in [5, 5.41) is 6.70. The van der Waals surface area contributed by atoms with Crippen LogP contribution in [0.5, 0.6) is 0 Å². The van der Waals surface area contributed by atoms with Crippen LogP contribution in [-0.2, 0) is 4.74 Å². The Kier molecular flexibility index (Phi) is 5.51. The van der Waals surface area contributed by atoms with Crippen LogP contribution in [0.1, 0.15) is 33.6 Å². The van der Waals surface area contributed by atoms with Crippen molar-refractivity contribution in [2.24, 2.45) is 0 Å². The molecule has 7 nitrogen and oxygen atoms in total. The van der Waals surface area contributed by atoms with Crippen molar-refractivity contribution in [2.75, 3.05) is 30.8 Å². The highest BCUT2D eigenvalue weighted by molar-refractivity contribution is 6.32. The number of piperidine rings is 1. The molecule has 1 aromatic rings. The summed E-state index contributed by atoms with van der Waals surface area (Å²) in [6.07, 6.45) is 2.99. The van der Waals surface area contributed by atoms with Gasteiger partial charge < -0.3 is 20.3 Å². The predicted octanol–water partition coefficient (Wildman–Crippen LogP) is 2.98. The standard InChI is InChI=1S/C15H24ClN5O2/c1-15(2,3)23-14(22)21-7-5-6-10(8-21)20-13-11(17-4)12(16)18-9-19-13/h9-10,17H,5-8H2,1-4H3,(H,18,19,20)/t10-/m0/s1. The van der Waals surface area contributed by atoms with Crippen molar-refractivity contribution in [3.05, 3.63) is 11.5 Å². The number of nitrogens with one attached hydrogen (secondary N) is 2. The molecular formula is C15H24ClN5O2. The third-order valence-corrected chi connectivity index (χ3v) is 3.75. The first kappa shape index (κ1) is 17.6. The average molecular weight is 342 g/mol. The van der Waals surface area contributed by atoms with E-state index in [1.165, 1.54) is 6.33 Å². The van der Waals surface area contributed by atoms with Crippen LogP contribution in [-0.4, -0.2) is 52.7 Å². The minimum Gasteiger partial charge on any atom is -0.444 e. The predicted molar refractivity (Wildman–Crippen MR) is 91.0 cm³/mol. The van der Waals surface area contributed by atoms with E-state index in [0.29, 0.717) is 29.7 Å². The smallest absolute Gasteiger partial charge is 0.410 e. The molecule has 0 spiro atoms. The molecule has 1 aliphatic heterocycles. The van der Waals surface area contributed by atoms with Gasteiger partial charge in [-0.3, -0.25) is 0 Å². The first-order valence-corrected chi connectivity index (χ1v) is 8.10. The fourth-order valence-electron chi connectivity index (χ4n) is 2.48. The lowest BCUT2D eigenvalue weighted by molar-refractivity contribution is 0.0206. The molecule has 0 saturated carbocycles. The molecule has 128 valence electrons. The van der Waals surface area contributed by atoms with E-state index >= 15 is 0 Å². The lowest BCUT2D eigenvalue weighted by atomic mass is 10.1. The van der Waals surface area contributed by atoms with Gasteiger partial charge in [-0.25, -0.2) is 14.8 Å². The number of hydrogen-bond donors (Lipinski definition) is 2. The SMILES string of the molecule is CNc1c(Cl)ncnc1N[C@H]1CCCN(C(=O)OC(C)(C)C)C1. The van der Waals surface area contributed by atoms with Gasteiger partial charge in [0.2, 0.25) is 0 Å². The normalized spacial score (nSPS) is 18.5. The number of carbonyl (C=O) groups excluding carboxylic acids is 1.